The SMILES string of the molecule is Cc1cc(C(=O)NCCCC(C)Cl)ccc1Cl. The smallest absolute Gasteiger partial charge is 0.251 e. The van der Waals surface area contributed by atoms with Crippen LogP contribution in [0, 0.1) is 6.92 Å². The van der Waals surface area contributed by atoms with Crippen molar-refractivity contribution in [2.75, 3.05) is 6.54 Å². The Hall–Kier alpha value is -0.730. The Morgan fingerprint density at radius 1 is 1.47 bits per heavy atom. The van der Waals surface area contributed by atoms with Crippen molar-refractivity contribution in [3.8, 4) is 0 Å². The molecule has 0 aliphatic carbocycles. The number of hydrogen-bond acceptors (Lipinski definition) is 1. The molecule has 1 aromatic rings. The van der Waals surface area contributed by atoms with Crippen molar-refractivity contribution >= 4 is 29.1 Å². The van der Waals surface area contributed by atoms with Crippen LogP contribution in [0.5, 0.6) is 0 Å². The molecule has 0 radical (unpaired) electrons. The van der Waals surface area contributed by atoms with Gasteiger partial charge < -0.3 is 5.32 Å². The maximum Gasteiger partial charge on any atom is 0.251 e. The highest BCUT2D eigenvalue weighted by atomic mass is 35.5. The van der Waals surface area contributed by atoms with Crippen LogP contribution in [0.3, 0.4) is 0 Å². The second-order valence-electron chi connectivity index (χ2n) is 4.14. The molecule has 0 aromatic heterocycles. The van der Waals surface area contributed by atoms with Crippen LogP contribution in [0.4, 0.5) is 0 Å². The molecule has 0 bridgehead atoms. The predicted octanol–water partition coefficient (Wildman–Crippen LogP) is 3.79. The van der Waals surface area contributed by atoms with Gasteiger partial charge in [-0.3, -0.25) is 4.79 Å². The molecule has 1 atom stereocenters. The standard InChI is InChI=1S/C13H17Cl2NO/c1-9-8-11(5-6-12(9)15)13(17)16-7-3-4-10(2)14/h5-6,8,10H,3-4,7H2,1-2H3,(H,16,17). The van der Waals surface area contributed by atoms with Crippen molar-refractivity contribution in [3.05, 3.63) is 34.3 Å². The average molecular weight is 274 g/mol. The summed E-state index contributed by atoms with van der Waals surface area (Å²) >= 11 is 11.7. The first kappa shape index (κ1) is 14.3. The summed E-state index contributed by atoms with van der Waals surface area (Å²) in [7, 11) is 0. The highest BCUT2D eigenvalue weighted by Gasteiger charge is 2.06. The fraction of sp³-hybridized carbons (Fsp3) is 0.462. The first-order valence-corrected chi connectivity index (χ1v) is 6.50. The molecule has 4 heteroatoms. The monoisotopic (exact) mass is 273 g/mol. The van der Waals surface area contributed by atoms with E-state index in [0.29, 0.717) is 17.1 Å². The molecule has 0 saturated heterocycles. The van der Waals surface area contributed by atoms with Crippen molar-refractivity contribution in [1.29, 1.82) is 0 Å². The van der Waals surface area contributed by atoms with Gasteiger partial charge in [-0.15, -0.1) is 11.6 Å². The Morgan fingerprint density at radius 2 is 2.18 bits per heavy atom. The first-order valence-electron chi connectivity index (χ1n) is 5.69. The maximum atomic E-state index is 11.8. The third-order valence-electron chi connectivity index (χ3n) is 2.48. The second kappa shape index (κ2) is 6.87. The minimum absolute atomic E-state index is 0.0630. The maximum absolute atomic E-state index is 11.8. The van der Waals surface area contributed by atoms with Crippen molar-refractivity contribution in [2.45, 2.75) is 32.1 Å². The molecule has 1 unspecified atom stereocenters. The molecule has 0 saturated carbocycles. The number of hydrogen-bond donors (Lipinski definition) is 1. The number of halogens is 2. The van der Waals surface area contributed by atoms with Gasteiger partial charge in [0.1, 0.15) is 0 Å². The van der Waals surface area contributed by atoms with Crippen LogP contribution in [-0.4, -0.2) is 17.8 Å². The van der Waals surface area contributed by atoms with Gasteiger partial charge in [0.15, 0.2) is 0 Å². The molecule has 94 valence electrons. The molecule has 1 aromatic carbocycles. The molecule has 1 N–H and O–H groups in total. The number of nitrogens with one attached hydrogen (secondary N) is 1. The van der Waals surface area contributed by atoms with Crippen molar-refractivity contribution in [3.63, 3.8) is 0 Å². The van der Waals surface area contributed by atoms with E-state index in [1.807, 2.05) is 13.8 Å². The van der Waals surface area contributed by atoms with Crippen molar-refractivity contribution < 1.29 is 4.79 Å². The zero-order chi connectivity index (χ0) is 12.8. The van der Waals surface area contributed by atoms with E-state index in [4.69, 9.17) is 23.2 Å². The summed E-state index contributed by atoms with van der Waals surface area (Å²) in [5.74, 6) is -0.0630. The lowest BCUT2D eigenvalue weighted by atomic mass is 10.1. The van der Waals surface area contributed by atoms with E-state index in [1.54, 1.807) is 18.2 Å². The summed E-state index contributed by atoms with van der Waals surface area (Å²) < 4.78 is 0. The summed E-state index contributed by atoms with van der Waals surface area (Å²) in [5, 5.41) is 3.70. The highest BCUT2D eigenvalue weighted by molar-refractivity contribution is 6.31. The number of amides is 1. The van der Waals surface area contributed by atoms with E-state index in [9.17, 15) is 4.79 Å². The van der Waals surface area contributed by atoms with Gasteiger partial charge in [-0.1, -0.05) is 11.6 Å². The van der Waals surface area contributed by atoms with Crippen molar-refractivity contribution in [2.24, 2.45) is 0 Å². The normalized spacial score (nSPS) is 12.2. The summed E-state index contributed by atoms with van der Waals surface area (Å²) in [6.07, 6.45) is 1.80. The van der Waals surface area contributed by atoms with Gasteiger partial charge in [0.25, 0.3) is 5.91 Å². The zero-order valence-electron chi connectivity index (χ0n) is 10.1. The molecule has 0 heterocycles. The minimum atomic E-state index is -0.0630. The van der Waals surface area contributed by atoms with Crippen LogP contribution in [-0.2, 0) is 0 Å². The average Bonchev–Trinajstić information content (AvgIpc) is 2.27. The fourth-order valence-corrected chi connectivity index (χ4v) is 1.75. The van der Waals surface area contributed by atoms with Crippen LogP contribution >= 0.6 is 23.2 Å². The zero-order valence-corrected chi connectivity index (χ0v) is 11.6. The molecule has 1 rings (SSSR count). The van der Waals surface area contributed by atoms with E-state index < -0.39 is 0 Å². The Labute approximate surface area is 112 Å². The number of rotatable bonds is 5. The van der Waals surface area contributed by atoms with Gasteiger partial charge in [0, 0.05) is 22.5 Å². The Balaban J connectivity index is 2.44. The third-order valence-corrected chi connectivity index (χ3v) is 3.13. The molecule has 0 fully saturated rings. The fourth-order valence-electron chi connectivity index (χ4n) is 1.47. The van der Waals surface area contributed by atoms with Gasteiger partial charge >= 0.3 is 0 Å². The van der Waals surface area contributed by atoms with Crippen LogP contribution in [0.15, 0.2) is 18.2 Å². The van der Waals surface area contributed by atoms with E-state index in [-0.39, 0.29) is 11.3 Å². The van der Waals surface area contributed by atoms with Crippen LogP contribution in [0.2, 0.25) is 5.02 Å². The summed E-state index contributed by atoms with van der Waals surface area (Å²) in [5.41, 5.74) is 1.56. The van der Waals surface area contributed by atoms with Gasteiger partial charge in [0.2, 0.25) is 0 Å². The third kappa shape index (κ3) is 4.97. The van der Waals surface area contributed by atoms with Gasteiger partial charge in [0.05, 0.1) is 0 Å². The largest absolute Gasteiger partial charge is 0.352 e. The Kier molecular flexibility index (Phi) is 5.79. The van der Waals surface area contributed by atoms with E-state index in [1.165, 1.54) is 0 Å². The van der Waals surface area contributed by atoms with E-state index in [0.717, 1.165) is 18.4 Å². The lowest BCUT2D eigenvalue weighted by Gasteiger charge is -2.07. The molecule has 0 aliphatic rings. The molecule has 0 spiro atoms. The summed E-state index contributed by atoms with van der Waals surface area (Å²) in [4.78, 5) is 11.8. The molecule has 2 nitrogen and oxygen atoms in total. The minimum Gasteiger partial charge on any atom is -0.352 e. The van der Waals surface area contributed by atoms with Crippen LogP contribution in [0.1, 0.15) is 35.7 Å². The molecule has 1 amide bonds. The quantitative estimate of drug-likeness (QED) is 0.642. The summed E-state index contributed by atoms with van der Waals surface area (Å²) in [6, 6.07) is 5.27. The Morgan fingerprint density at radius 3 is 2.76 bits per heavy atom. The highest BCUT2D eigenvalue weighted by Crippen LogP contribution is 2.16. The number of carbonyl (C=O) groups excluding carboxylic acids is 1. The lowest BCUT2D eigenvalue weighted by molar-refractivity contribution is 0.0953. The number of aryl methyl sites for hydroxylation is 1. The first-order chi connectivity index (χ1) is 8.00. The second-order valence-corrected chi connectivity index (χ2v) is 5.30. The van der Waals surface area contributed by atoms with Crippen LogP contribution < -0.4 is 5.32 Å². The number of benzene rings is 1. The molecule has 0 aliphatic heterocycles. The van der Waals surface area contributed by atoms with Gasteiger partial charge in [-0.25, -0.2) is 0 Å². The lowest BCUT2D eigenvalue weighted by Crippen LogP contribution is -2.24. The summed E-state index contributed by atoms with van der Waals surface area (Å²) in [6.45, 7) is 4.48. The van der Waals surface area contributed by atoms with E-state index >= 15 is 0 Å². The van der Waals surface area contributed by atoms with Crippen LogP contribution in [0.25, 0.3) is 0 Å². The Bertz CT molecular complexity index is 391. The molecular formula is C13H17Cl2NO. The van der Waals surface area contributed by atoms with E-state index in [2.05, 4.69) is 5.32 Å². The molecular weight excluding hydrogens is 257 g/mol. The predicted molar refractivity (Wildman–Crippen MR) is 73.1 cm³/mol. The molecule has 17 heavy (non-hydrogen) atoms. The van der Waals surface area contributed by atoms with Crippen molar-refractivity contribution in [1.82, 2.24) is 5.32 Å². The number of alkyl halides is 1. The number of carbonyl (C=O) groups is 1. The van der Waals surface area contributed by atoms with Gasteiger partial charge in [-0.2, -0.15) is 0 Å². The van der Waals surface area contributed by atoms with Gasteiger partial charge in [-0.05, 0) is 50.5 Å². The topological polar surface area (TPSA) is 29.1 Å².